The maximum atomic E-state index is 11.8. The highest BCUT2D eigenvalue weighted by molar-refractivity contribution is 5.76. The van der Waals surface area contributed by atoms with Gasteiger partial charge in [0, 0.05) is 25.6 Å². The SMILES string of the molecule is CC(C)N(C)CCNC(=O)CC1(CN)CCC1. The zero-order valence-corrected chi connectivity index (χ0v) is 11.5. The quantitative estimate of drug-likeness (QED) is 0.698. The molecule has 100 valence electrons. The molecule has 0 heterocycles. The van der Waals surface area contributed by atoms with Crippen LogP contribution in [0.3, 0.4) is 0 Å². The van der Waals surface area contributed by atoms with Crippen LogP contribution < -0.4 is 11.1 Å². The van der Waals surface area contributed by atoms with E-state index >= 15 is 0 Å². The lowest BCUT2D eigenvalue weighted by molar-refractivity contribution is -0.124. The number of amides is 1. The largest absolute Gasteiger partial charge is 0.355 e. The first-order chi connectivity index (χ1) is 7.99. The third-order valence-electron chi connectivity index (χ3n) is 4.05. The molecule has 4 nitrogen and oxygen atoms in total. The Labute approximate surface area is 105 Å². The molecule has 0 aliphatic heterocycles. The van der Waals surface area contributed by atoms with Gasteiger partial charge in [-0.3, -0.25) is 4.79 Å². The van der Waals surface area contributed by atoms with Gasteiger partial charge in [0.15, 0.2) is 0 Å². The van der Waals surface area contributed by atoms with Crippen LogP contribution in [0.15, 0.2) is 0 Å². The standard InChI is InChI=1S/C13H27N3O/c1-11(2)16(3)8-7-15-12(17)9-13(10-14)5-4-6-13/h11H,4-10,14H2,1-3H3,(H,15,17). The van der Waals surface area contributed by atoms with Crippen LogP contribution in [-0.2, 0) is 4.79 Å². The number of carbonyl (C=O) groups is 1. The predicted molar refractivity (Wildman–Crippen MR) is 70.7 cm³/mol. The van der Waals surface area contributed by atoms with Crippen LogP contribution in [-0.4, -0.2) is 43.5 Å². The summed E-state index contributed by atoms with van der Waals surface area (Å²) in [7, 11) is 2.07. The molecule has 4 heteroatoms. The molecule has 0 unspecified atom stereocenters. The highest BCUT2D eigenvalue weighted by atomic mass is 16.1. The maximum absolute atomic E-state index is 11.8. The van der Waals surface area contributed by atoms with Gasteiger partial charge in [0.25, 0.3) is 0 Å². The first-order valence-corrected chi connectivity index (χ1v) is 6.66. The molecule has 0 saturated heterocycles. The van der Waals surface area contributed by atoms with Gasteiger partial charge in [-0.05, 0) is 45.7 Å². The van der Waals surface area contributed by atoms with E-state index in [0.717, 1.165) is 25.9 Å². The number of hydrogen-bond donors (Lipinski definition) is 2. The number of likely N-dealkylation sites (N-methyl/N-ethyl adjacent to an activating group) is 1. The lowest BCUT2D eigenvalue weighted by Crippen LogP contribution is -2.43. The summed E-state index contributed by atoms with van der Waals surface area (Å²) >= 11 is 0. The molecule has 0 aromatic carbocycles. The van der Waals surface area contributed by atoms with Crippen LogP contribution in [0.4, 0.5) is 0 Å². The van der Waals surface area contributed by atoms with Gasteiger partial charge < -0.3 is 16.0 Å². The molecule has 1 aliphatic rings. The van der Waals surface area contributed by atoms with E-state index in [1.807, 2.05) is 0 Å². The smallest absolute Gasteiger partial charge is 0.220 e. The van der Waals surface area contributed by atoms with Crippen LogP contribution in [0.1, 0.15) is 39.5 Å². The Bertz CT molecular complexity index is 244. The number of carbonyl (C=O) groups excluding carboxylic acids is 1. The Balaban J connectivity index is 2.17. The summed E-state index contributed by atoms with van der Waals surface area (Å²) < 4.78 is 0. The molecule has 17 heavy (non-hydrogen) atoms. The second-order valence-corrected chi connectivity index (χ2v) is 5.66. The number of nitrogens with one attached hydrogen (secondary N) is 1. The Hall–Kier alpha value is -0.610. The summed E-state index contributed by atoms with van der Waals surface area (Å²) in [5, 5.41) is 2.99. The Kier molecular flexibility index (Phi) is 5.40. The van der Waals surface area contributed by atoms with Gasteiger partial charge >= 0.3 is 0 Å². The fraction of sp³-hybridized carbons (Fsp3) is 0.923. The fourth-order valence-electron chi connectivity index (χ4n) is 2.16. The van der Waals surface area contributed by atoms with E-state index in [0.29, 0.717) is 19.0 Å². The van der Waals surface area contributed by atoms with Crippen LogP contribution in [0.5, 0.6) is 0 Å². The molecule has 1 saturated carbocycles. The average Bonchev–Trinajstić information content (AvgIpc) is 2.23. The average molecular weight is 241 g/mol. The van der Waals surface area contributed by atoms with Gasteiger partial charge in [0.2, 0.25) is 5.91 Å². The third kappa shape index (κ3) is 4.28. The zero-order chi connectivity index (χ0) is 12.9. The molecule has 1 amide bonds. The van der Waals surface area contributed by atoms with Crippen molar-refractivity contribution in [1.82, 2.24) is 10.2 Å². The van der Waals surface area contributed by atoms with Crippen LogP contribution in [0.25, 0.3) is 0 Å². The highest BCUT2D eigenvalue weighted by Crippen LogP contribution is 2.42. The normalized spacial score (nSPS) is 18.2. The predicted octanol–water partition coefficient (Wildman–Crippen LogP) is 0.962. The van der Waals surface area contributed by atoms with Gasteiger partial charge in [-0.2, -0.15) is 0 Å². The Morgan fingerprint density at radius 1 is 1.47 bits per heavy atom. The molecule has 0 bridgehead atoms. The van der Waals surface area contributed by atoms with Crippen molar-refractivity contribution in [3.63, 3.8) is 0 Å². The first kappa shape index (κ1) is 14.5. The van der Waals surface area contributed by atoms with E-state index in [1.165, 1.54) is 6.42 Å². The van der Waals surface area contributed by atoms with Crippen LogP contribution in [0.2, 0.25) is 0 Å². The van der Waals surface area contributed by atoms with E-state index in [2.05, 4.69) is 31.1 Å². The lowest BCUT2D eigenvalue weighted by Gasteiger charge is -2.40. The number of hydrogen-bond acceptors (Lipinski definition) is 3. The van der Waals surface area contributed by atoms with Gasteiger partial charge in [-0.15, -0.1) is 0 Å². The molecule has 0 aromatic rings. The van der Waals surface area contributed by atoms with E-state index in [4.69, 9.17) is 5.73 Å². The fourth-order valence-corrected chi connectivity index (χ4v) is 2.16. The van der Waals surface area contributed by atoms with Crippen molar-refractivity contribution in [3.05, 3.63) is 0 Å². The molecule has 0 spiro atoms. The van der Waals surface area contributed by atoms with E-state index in [1.54, 1.807) is 0 Å². The van der Waals surface area contributed by atoms with Crippen molar-refractivity contribution >= 4 is 5.91 Å². The topological polar surface area (TPSA) is 58.4 Å². The van der Waals surface area contributed by atoms with Gasteiger partial charge in [-0.1, -0.05) is 6.42 Å². The number of rotatable bonds is 7. The van der Waals surface area contributed by atoms with E-state index in [9.17, 15) is 4.79 Å². The summed E-state index contributed by atoms with van der Waals surface area (Å²) in [6.07, 6.45) is 4.06. The van der Waals surface area contributed by atoms with Crippen molar-refractivity contribution in [2.45, 2.75) is 45.6 Å². The van der Waals surface area contributed by atoms with Crippen molar-refractivity contribution in [2.24, 2.45) is 11.1 Å². The lowest BCUT2D eigenvalue weighted by atomic mass is 9.66. The summed E-state index contributed by atoms with van der Waals surface area (Å²) in [6, 6.07) is 0.522. The second kappa shape index (κ2) is 6.36. The minimum absolute atomic E-state index is 0.119. The second-order valence-electron chi connectivity index (χ2n) is 5.66. The molecule has 0 atom stereocenters. The van der Waals surface area contributed by atoms with Crippen molar-refractivity contribution in [3.8, 4) is 0 Å². The summed E-state index contributed by atoms with van der Waals surface area (Å²) in [4.78, 5) is 14.0. The van der Waals surface area contributed by atoms with Crippen molar-refractivity contribution in [2.75, 3.05) is 26.7 Å². The van der Waals surface area contributed by atoms with Gasteiger partial charge in [-0.25, -0.2) is 0 Å². The minimum atomic E-state index is 0.119. The van der Waals surface area contributed by atoms with E-state index in [-0.39, 0.29) is 11.3 Å². The summed E-state index contributed by atoms with van der Waals surface area (Å²) in [5.74, 6) is 0.160. The van der Waals surface area contributed by atoms with Gasteiger partial charge in [0.1, 0.15) is 0 Å². The first-order valence-electron chi connectivity index (χ1n) is 6.66. The number of nitrogens with zero attached hydrogens (tertiary/aromatic N) is 1. The van der Waals surface area contributed by atoms with E-state index < -0.39 is 0 Å². The Morgan fingerprint density at radius 3 is 2.53 bits per heavy atom. The van der Waals surface area contributed by atoms with Crippen LogP contribution in [0, 0.1) is 5.41 Å². The molecule has 0 aromatic heterocycles. The summed E-state index contributed by atoms with van der Waals surface area (Å²) in [6.45, 7) is 6.58. The Morgan fingerprint density at radius 2 is 2.12 bits per heavy atom. The van der Waals surface area contributed by atoms with Gasteiger partial charge in [0.05, 0.1) is 0 Å². The monoisotopic (exact) mass is 241 g/mol. The molecule has 1 aliphatic carbocycles. The molecular formula is C13H27N3O. The number of nitrogens with two attached hydrogens (primary N) is 1. The highest BCUT2D eigenvalue weighted by Gasteiger charge is 2.37. The molecule has 1 fully saturated rings. The van der Waals surface area contributed by atoms with Crippen molar-refractivity contribution < 1.29 is 4.79 Å². The van der Waals surface area contributed by atoms with Crippen molar-refractivity contribution in [1.29, 1.82) is 0 Å². The maximum Gasteiger partial charge on any atom is 0.220 e. The molecular weight excluding hydrogens is 214 g/mol. The summed E-state index contributed by atoms with van der Waals surface area (Å²) in [5.41, 5.74) is 5.86. The molecule has 0 radical (unpaired) electrons. The third-order valence-corrected chi connectivity index (χ3v) is 4.05. The molecule has 1 rings (SSSR count). The zero-order valence-electron chi connectivity index (χ0n) is 11.5. The van der Waals surface area contributed by atoms with Crippen LogP contribution >= 0.6 is 0 Å². The minimum Gasteiger partial charge on any atom is -0.355 e. The molecule has 3 N–H and O–H groups in total.